The summed E-state index contributed by atoms with van der Waals surface area (Å²) in [7, 11) is 0. The number of fused-ring (bicyclic) bond motifs is 1. The maximum Gasteiger partial charge on any atom is 0.250 e. The van der Waals surface area contributed by atoms with E-state index in [1.165, 1.54) is 23.3 Å². The first-order valence-electron chi connectivity index (χ1n) is 8.39. The number of aromatic nitrogens is 1. The first-order valence-corrected chi connectivity index (χ1v) is 9.54. The lowest BCUT2D eigenvalue weighted by atomic mass is 9.99. The van der Waals surface area contributed by atoms with Crippen LogP contribution in [-0.2, 0) is 13.0 Å². The predicted molar refractivity (Wildman–Crippen MR) is 98.2 cm³/mol. The van der Waals surface area contributed by atoms with Crippen LogP contribution in [0.1, 0.15) is 30.0 Å². The van der Waals surface area contributed by atoms with Crippen LogP contribution in [0.3, 0.4) is 0 Å². The molecule has 1 aromatic heterocycles. The van der Waals surface area contributed by atoms with Crippen LogP contribution in [0.25, 0.3) is 0 Å². The zero-order chi connectivity index (χ0) is 15.9. The van der Waals surface area contributed by atoms with Crippen LogP contribution < -0.4 is 10.9 Å². The molecule has 1 atom stereocenters. The number of rotatable bonds is 6. The Labute approximate surface area is 142 Å². The summed E-state index contributed by atoms with van der Waals surface area (Å²) in [5.41, 5.74) is 3.05. The molecule has 0 radical (unpaired) electrons. The monoisotopic (exact) mass is 328 g/mol. The molecule has 0 saturated carbocycles. The Kier molecular flexibility index (Phi) is 5.94. The molecule has 1 N–H and O–H groups in total. The Balaban J connectivity index is 1.47. The Morgan fingerprint density at radius 3 is 2.91 bits per heavy atom. The van der Waals surface area contributed by atoms with Crippen LogP contribution in [0.15, 0.2) is 53.5 Å². The summed E-state index contributed by atoms with van der Waals surface area (Å²) in [6.07, 6.45) is 5.16. The Hall–Kier alpha value is -1.52. The van der Waals surface area contributed by atoms with E-state index < -0.39 is 0 Å². The summed E-state index contributed by atoms with van der Waals surface area (Å²) in [5, 5.41) is 3.71. The molecule has 0 spiro atoms. The third-order valence-electron chi connectivity index (χ3n) is 4.35. The molecule has 0 bridgehead atoms. The highest BCUT2D eigenvalue weighted by Gasteiger charge is 2.17. The molecule has 4 heteroatoms. The van der Waals surface area contributed by atoms with E-state index in [0.29, 0.717) is 6.04 Å². The predicted octanol–water partition coefficient (Wildman–Crippen LogP) is 3.25. The second-order valence-electron chi connectivity index (χ2n) is 5.97. The quantitative estimate of drug-likeness (QED) is 0.827. The summed E-state index contributed by atoms with van der Waals surface area (Å²) >= 11 is 2.04. The van der Waals surface area contributed by atoms with Crippen LogP contribution in [0, 0.1) is 0 Å². The first kappa shape index (κ1) is 16.3. The van der Waals surface area contributed by atoms with Gasteiger partial charge in [-0.1, -0.05) is 30.3 Å². The molecule has 2 heterocycles. The molecule has 0 amide bonds. The van der Waals surface area contributed by atoms with Crippen molar-refractivity contribution in [2.75, 3.05) is 18.1 Å². The SMILES string of the molecule is O=c1ccccn1CCCCN[C@H]1CSCCc2ccccc21. The average molecular weight is 328 g/mol. The summed E-state index contributed by atoms with van der Waals surface area (Å²) < 4.78 is 1.79. The zero-order valence-electron chi connectivity index (χ0n) is 13.4. The smallest absolute Gasteiger partial charge is 0.250 e. The molecule has 0 aliphatic carbocycles. The lowest BCUT2D eigenvalue weighted by Gasteiger charge is -2.19. The normalized spacial score (nSPS) is 17.5. The van der Waals surface area contributed by atoms with E-state index >= 15 is 0 Å². The Morgan fingerprint density at radius 1 is 1.13 bits per heavy atom. The van der Waals surface area contributed by atoms with Crippen LogP contribution >= 0.6 is 11.8 Å². The summed E-state index contributed by atoms with van der Waals surface area (Å²) in [6, 6.07) is 14.6. The van der Waals surface area contributed by atoms with Gasteiger partial charge in [0.25, 0.3) is 0 Å². The lowest BCUT2D eigenvalue weighted by Crippen LogP contribution is -2.25. The van der Waals surface area contributed by atoms with Crippen molar-refractivity contribution in [3.63, 3.8) is 0 Å². The zero-order valence-corrected chi connectivity index (χ0v) is 14.2. The number of aryl methyl sites for hydroxylation is 2. The van der Waals surface area contributed by atoms with Crippen molar-refractivity contribution < 1.29 is 0 Å². The fourth-order valence-corrected chi connectivity index (χ4v) is 4.14. The fourth-order valence-electron chi connectivity index (χ4n) is 3.07. The fraction of sp³-hybridized carbons (Fsp3) is 0.421. The van der Waals surface area contributed by atoms with Crippen molar-refractivity contribution in [1.82, 2.24) is 9.88 Å². The third-order valence-corrected chi connectivity index (χ3v) is 5.41. The number of thioether (sulfide) groups is 1. The Bertz CT molecular complexity index is 683. The van der Waals surface area contributed by atoms with Gasteiger partial charge in [-0.15, -0.1) is 0 Å². The Morgan fingerprint density at radius 2 is 2.00 bits per heavy atom. The van der Waals surface area contributed by atoms with E-state index in [2.05, 4.69) is 29.6 Å². The van der Waals surface area contributed by atoms with E-state index in [1.54, 1.807) is 16.7 Å². The van der Waals surface area contributed by atoms with Gasteiger partial charge >= 0.3 is 0 Å². The van der Waals surface area contributed by atoms with Gasteiger partial charge in [-0.3, -0.25) is 4.79 Å². The van der Waals surface area contributed by atoms with Crippen LogP contribution in [-0.4, -0.2) is 22.6 Å². The van der Waals surface area contributed by atoms with Crippen LogP contribution in [0.4, 0.5) is 0 Å². The molecule has 0 saturated heterocycles. The highest BCUT2D eigenvalue weighted by Crippen LogP contribution is 2.27. The topological polar surface area (TPSA) is 34.0 Å². The largest absolute Gasteiger partial charge is 0.316 e. The summed E-state index contributed by atoms with van der Waals surface area (Å²) in [4.78, 5) is 11.7. The molecule has 0 fully saturated rings. The first-order chi connectivity index (χ1) is 11.3. The molecule has 23 heavy (non-hydrogen) atoms. The van der Waals surface area contributed by atoms with E-state index in [-0.39, 0.29) is 5.56 Å². The molecule has 1 aliphatic rings. The standard InChI is InChI=1S/C19H24N2OS/c22-19-9-3-5-12-21(19)13-6-4-11-20-18-15-23-14-10-16-7-1-2-8-17(16)18/h1-3,5,7-9,12,18,20H,4,6,10-11,13-15H2/t18-/m0/s1. The van der Waals surface area contributed by atoms with Gasteiger partial charge in [0.2, 0.25) is 5.56 Å². The van der Waals surface area contributed by atoms with Crippen molar-refractivity contribution in [2.45, 2.75) is 31.8 Å². The third kappa shape index (κ3) is 4.49. The molecule has 1 aromatic carbocycles. The van der Waals surface area contributed by atoms with Crippen molar-refractivity contribution >= 4 is 11.8 Å². The number of nitrogens with zero attached hydrogens (tertiary/aromatic N) is 1. The number of pyridine rings is 1. The summed E-state index contributed by atoms with van der Waals surface area (Å²) in [5.74, 6) is 2.36. The van der Waals surface area contributed by atoms with Gasteiger partial charge in [0.1, 0.15) is 0 Å². The highest BCUT2D eigenvalue weighted by molar-refractivity contribution is 7.99. The van der Waals surface area contributed by atoms with E-state index in [1.807, 2.05) is 24.0 Å². The van der Waals surface area contributed by atoms with Gasteiger partial charge in [0, 0.05) is 30.6 Å². The number of hydrogen-bond donors (Lipinski definition) is 1. The maximum atomic E-state index is 11.7. The molecular formula is C19H24N2OS. The highest BCUT2D eigenvalue weighted by atomic mass is 32.2. The molecular weight excluding hydrogens is 304 g/mol. The molecule has 0 unspecified atom stereocenters. The molecule has 1 aliphatic heterocycles. The number of hydrogen-bond acceptors (Lipinski definition) is 3. The summed E-state index contributed by atoms with van der Waals surface area (Å²) in [6.45, 7) is 1.80. The molecule has 122 valence electrons. The number of benzene rings is 1. The van der Waals surface area contributed by atoms with Crippen LogP contribution in [0.5, 0.6) is 0 Å². The second-order valence-corrected chi connectivity index (χ2v) is 7.12. The average Bonchev–Trinajstić information content (AvgIpc) is 2.79. The van der Waals surface area contributed by atoms with Crippen LogP contribution in [0.2, 0.25) is 0 Å². The van der Waals surface area contributed by atoms with Crippen molar-refractivity contribution in [3.05, 3.63) is 70.1 Å². The molecule has 3 rings (SSSR count). The van der Waals surface area contributed by atoms with Gasteiger partial charge in [-0.2, -0.15) is 11.8 Å². The minimum atomic E-state index is 0.0922. The van der Waals surface area contributed by atoms with E-state index in [4.69, 9.17) is 0 Å². The van der Waals surface area contributed by atoms with Crippen molar-refractivity contribution in [3.8, 4) is 0 Å². The molecule has 2 aromatic rings. The van der Waals surface area contributed by atoms with Gasteiger partial charge in [0.05, 0.1) is 0 Å². The molecule has 3 nitrogen and oxygen atoms in total. The van der Waals surface area contributed by atoms with Gasteiger partial charge in [-0.25, -0.2) is 0 Å². The van der Waals surface area contributed by atoms with Gasteiger partial charge in [0.15, 0.2) is 0 Å². The number of nitrogens with one attached hydrogen (secondary N) is 1. The minimum absolute atomic E-state index is 0.0922. The van der Waals surface area contributed by atoms with Crippen molar-refractivity contribution in [2.24, 2.45) is 0 Å². The van der Waals surface area contributed by atoms with Gasteiger partial charge in [-0.05, 0) is 48.8 Å². The second kappa shape index (κ2) is 8.37. The van der Waals surface area contributed by atoms with Gasteiger partial charge < -0.3 is 9.88 Å². The van der Waals surface area contributed by atoms with E-state index in [0.717, 1.165) is 31.7 Å². The van der Waals surface area contributed by atoms with E-state index in [9.17, 15) is 4.79 Å². The minimum Gasteiger partial charge on any atom is -0.316 e. The number of unbranched alkanes of at least 4 members (excludes halogenated alkanes) is 1. The maximum absolute atomic E-state index is 11.7. The lowest BCUT2D eigenvalue weighted by molar-refractivity contribution is 0.522. The van der Waals surface area contributed by atoms with Crippen molar-refractivity contribution in [1.29, 1.82) is 0 Å².